The molecule has 0 aromatic heterocycles. The van der Waals surface area contributed by atoms with E-state index in [9.17, 15) is 0 Å². The van der Waals surface area contributed by atoms with Crippen molar-refractivity contribution in [2.45, 2.75) is 123 Å². The molecule has 0 heterocycles. The number of rotatable bonds is 2. The smallest absolute Gasteiger partial charge is 0 e. The molecule has 0 bridgehead atoms. The molecule has 242 valence electrons. The number of hydrogen-bond acceptors (Lipinski definition) is 0. The Kier molecular flexibility index (Phi) is 43.8. The molecule has 42 heavy (non-hydrogen) atoms. The van der Waals surface area contributed by atoms with Gasteiger partial charge in [0.2, 0.25) is 0 Å². The highest BCUT2D eigenvalue weighted by Gasteiger charge is 2.14. The topological polar surface area (TPSA) is 0 Å². The Bertz CT molecular complexity index is 912. The third kappa shape index (κ3) is 23.6. The Hall–Kier alpha value is -3.12. The van der Waals surface area contributed by atoms with Crippen LogP contribution < -0.4 is 0 Å². The van der Waals surface area contributed by atoms with E-state index in [-0.39, 0.29) is 25.1 Å². The van der Waals surface area contributed by atoms with Crippen LogP contribution in [0.15, 0.2) is 121 Å². The standard InChI is InChI=1S/C12H16.C12H10.C7H8.4C2H6.3CH4.2H2/c2*1-3-7-11(8-4-1)12-9-5-2-6-10-12;1-7-5-3-2-4-6-7;4*1-2;;;;;/h1,3-4,7-8,12H,2,5-6,9-10H2;1-10H;2-6H,1H3;4*1-2H3;3*1H4;2*1H. The summed E-state index contributed by atoms with van der Waals surface area (Å²) in [5, 5.41) is 0. The van der Waals surface area contributed by atoms with E-state index in [1.54, 1.807) is 5.56 Å². The zero-order chi connectivity index (χ0) is 29.6. The Balaban J connectivity index is -0.0000000812. The summed E-state index contributed by atoms with van der Waals surface area (Å²) in [7, 11) is 0. The summed E-state index contributed by atoms with van der Waals surface area (Å²) >= 11 is 0. The van der Waals surface area contributed by atoms with Gasteiger partial charge in [-0.3, -0.25) is 0 Å². The van der Waals surface area contributed by atoms with Crippen LogP contribution in [-0.2, 0) is 0 Å². The van der Waals surface area contributed by atoms with Crippen LogP contribution in [0.3, 0.4) is 0 Å². The minimum atomic E-state index is 0. The lowest BCUT2D eigenvalue weighted by Crippen LogP contribution is -2.03. The Morgan fingerprint density at radius 2 is 0.690 bits per heavy atom. The summed E-state index contributed by atoms with van der Waals surface area (Å²) < 4.78 is 0. The Morgan fingerprint density at radius 3 is 0.976 bits per heavy atom. The second-order valence-electron chi connectivity index (χ2n) is 8.13. The first kappa shape index (κ1) is 48.6. The normalized spacial score (nSPS) is 10.3. The van der Waals surface area contributed by atoms with Gasteiger partial charge in [-0.25, -0.2) is 0 Å². The molecule has 0 amide bonds. The van der Waals surface area contributed by atoms with Crippen molar-refractivity contribution in [3.8, 4) is 11.1 Å². The van der Waals surface area contributed by atoms with Gasteiger partial charge in [0.05, 0.1) is 0 Å². The van der Waals surface area contributed by atoms with Crippen molar-refractivity contribution in [3.63, 3.8) is 0 Å². The molecule has 5 rings (SSSR count). The van der Waals surface area contributed by atoms with Gasteiger partial charge in [0.1, 0.15) is 0 Å². The van der Waals surface area contributed by atoms with Crippen LogP contribution in [0.1, 0.15) is 130 Å². The maximum Gasteiger partial charge on any atom is 0 e. The minimum absolute atomic E-state index is 0. The van der Waals surface area contributed by atoms with Crippen LogP contribution in [0, 0.1) is 6.92 Å². The molecule has 0 aliphatic heterocycles. The average molecular weight is 579 g/mol. The highest BCUT2D eigenvalue weighted by molar-refractivity contribution is 5.62. The molecule has 4 aromatic rings. The Morgan fingerprint density at radius 1 is 0.405 bits per heavy atom. The summed E-state index contributed by atoms with van der Waals surface area (Å²) in [6, 6.07) is 42.0. The fourth-order valence-electron chi connectivity index (χ4n) is 3.96. The minimum Gasteiger partial charge on any atom is -0.0776 e. The lowest BCUT2D eigenvalue weighted by Gasteiger charge is -2.21. The first-order valence-electron chi connectivity index (χ1n) is 15.5. The van der Waals surface area contributed by atoms with E-state index in [4.69, 9.17) is 0 Å². The zero-order valence-electron chi connectivity index (χ0n) is 26.7. The van der Waals surface area contributed by atoms with Crippen LogP contribution in [0.25, 0.3) is 11.1 Å². The van der Waals surface area contributed by atoms with Gasteiger partial charge in [0.15, 0.2) is 0 Å². The van der Waals surface area contributed by atoms with E-state index < -0.39 is 0 Å². The quantitative estimate of drug-likeness (QED) is 0.222. The summed E-state index contributed by atoms with van der Waals surface area (Å²) in [5.74, 6) is 0.861. The number of aryl methyl sites for hydroxylation is 1. The van der Waals surface area contributed by atoms with Crippen molar-refractivity contribution in [2.24, 2.45) is 0 Å². The maximum absolute atomic E-state index is 2.27. The van der Waals surface area contributed by atoms with Gasteiger partial charge < -0.3 is 0 Å². The first-order valence-corrected chi connectivity index (χ1v) is 15.5. The molecule has 1 aliphatic rings. The van der Waals surface area contributed by atoms with Crippen molar-refractivity contribution >= 4 is 0 Å². The van der Waals surface area contributed by atoms with E-state index >= 15 is 0 Å². The molecule has 0 spiro atoms. The molecule has 4 aromatic carbocycles. The largest absolute Gasteiger partial charge is 0.0776 e. The lowest BCUT2D eigenvalue weighted by atomic mass is 9.84. The highest BCUT2D eigenvalue weighted by atomic mass is 14.2. The molecule has 0 radical (unpaired) electrons. The number of hydrogen-bond donors (Lipinski definition) is 0. The fraction of sp³-hybridized carbons (Fsp3) is 0.429. The molecule has 1 fully saturated rings. The van der Waals surface area contributed by atoms with Gasteiger partial charge in [0.25, 0.3) is 0 Å². The van der Waals surface area contributed by atoms with Gasteiger partial charge in [-0.15, -0.1) is 0 Å². The monoisotopic (exact) mass is 579 g/mol. The van der Waals surface area contributed by atoms with E-state index in [2.05, 4.69) is 97.9 Å². The van der Waals surface area contributed by atoms with Crippen molar-refractivity contribution in [1.82, 2.24) is 0 Å². The van der Waals surface area contributed by atoms with Gasteiger partial charge in [-0.05, 0) is 42.4 Å². The SMILES string of the molecule is C.C.C.CC.CC.CC.CC.Cc1ccccc1.[HH].[HH].c1ccc(-c2ccccc2)cc1.c1ccc(C2CCCCC2)cc1. The van der Waals surface area contributed by atoms with E-state index in [0.717, 1.165) is 5.92 Å². The summed E-state index contributed by atoms with van der Waals surface area (Å²) in [6.45, 7) is 18.1. The van der Waals surface area contributed by atoms with Crippen molar-refractivity contribution in [3.05, 3.63) is 132 Å². The van der Waals surface area contributed by atoms with Crippen LogP contribution in [-0.4, -0.2) is 0 Å². The highest BCUT2D eigenvalue weighted by Crippen LogP contribution is 2.32. The predicted octanol–water partition coefficient (Wildman–Crippen LogP) is 15.6. The van der Waals surface area contributed by atoms with Crippen LogP contribution in [0.4, 0.5) is 0 Å². The van der Waals surface area contributed by atoms with E-state index in [1.165, 1.54) is 48.8 Å². The third-order valence-corrected chi connectivity index (χ3v) is 5.70. The van der Waals surface area contributed by atoms with Gasteiger partial charge >= 0.3 is 0 Å². The zero-order valence-corrected chi connectivity index (χ0v) is 26.7. The van der Waals surface area contributed by atoms with Crippen LogP contribution in [0.5, 0.6) is 0 Å². The van der Waals surface area contributed by atoms with Crippen LogP contribution >= 0.6 is 0 Å². The Labute approximate surface area is 268 Å². The van der Waals surface area contributed by atoms with Crippen LogP contribution in [0.2, 0.25) is 0 Å². The molecule has 0 nitrogen and oxygen atoms in total. The average Bonchev–Trinajstić information content (AvgIpc) is 3.07. The summed E-state index contributed by atoms with van der Waals surface area (Å²) in [6.07, 6.45) is 7.12. The van der Waals surface area contributed by atoms with Crippen molar-refractivity contribution in [2.75, 3.05) is 0 Å². The van der Waals surface area contributed by atoms with E-state index in [0.29, 0.717) is 0 Å². The number of benzene rings is 4. The van der Waals surface area contributed by atoms with Crippen molar-refractivity contribution in [1.29, 1.82) is 0 Å². The molecule has 0 saturated heterocycles. The molecule has 0 N–H and O–H groups in total. The molecular weight excluding hydrogens is 504 g/mol. The second-order valence-corrected chi connectivity index (χ2v) is 8.13. The van der Waals surface area contributed by atoms with Gasteiger partial charge in [0, 0.05) is 2.85 Å². The lowest BCUT2D eigenvalue weighted by molar-refractivity contribution is 0.443. The fourth-order valence-corrected chi connectivity index (χ4v) is 3.96. The molecular formula is C42H74. The second kappa shape index (κ2) is 37.9. The van der Waals surface area contributed by atoms with Gasteiger partial charge in [-0.2, -0.15) is 0 Å². The molecule has 1 aliphatic carbocycles. The summed E-state index contributed by atoms with van der Waals surface area (Å²) in [4.78, 5) is 0. The molecule has 0 atom stereocenters. The van der Waals surface area contributed by atoms with E-state index in [1.807, 2.05) is 85.7 Å². The maximum atomic E-state index is 2.27. The van der Waals surface area contributed by atoms with Crippen molar-refractivity contribution < 1.29 is 2.85 Å². The molecule has 0 heteroatoms. The third-order valence-electron chi connectivity index (χ3n) is 5.70. The summed E-state index contributed by atoms with van der Waals surface area (Å²) in [5.41, 5.74) is 5.43. The predicted molar refractivity (Wildman–Crippen MR) is 205 cm³/mol. The van der Waals surface area contributed by atoms with Gasteiger partial charge in [-0.1, -0.05) is 224 Å². The molecule has 1 saturated carbocycles. The molecule has 0 unspecified atom stereocenters. The first-order chi connectivity index (χ1) is 19.3.